The van der Waals surface area contributed by atoms with Crippen molar-refractivity contribution in [2.24, 2.45) is 35.5 Å². The molecule has 686 valence electrons. The Morgan fingerprint density at radius 1 is 0.268 bits per heavy atom. The zero-order valence-corrected chi connectivity index (χ0v) is 76.7. The maximum Gasteiger partial charge on any atom is 0.200 e. The standard InChI is InChI=1S/C22H32F2O2.C20H16F2.C20H22F2.C15H20F2O.C14H18F2.C10H12F2.C9H10F2/c1-15-3-9-19(10-4-15)25-13-17-7-8-18(22(24)21(17)23)14-26-20-11-5-16(2)6-12-20;1-13-3-7-15(8-4-13)17-11-12-18(20(22)19(17)21)16-9-5-14(2)6-10-16;1-13-3-6-15(7-4-13)16-8-10-17(11-9-16)18-12-5-14(2)19(21)20(18)22;1-10-3-6-12(7-4-10)9-18-13-8-5-11(2)14(16)15(13)17;1-9-3-6-11(7-4-9)12-8-5-10(2)13(15)14(12)16;1-3-4-8-6-5-7(2)9(11)10(8)12;1-3-7-5-4-6(2)8(10)9(7)11/h7-8,15-16,19-20H,3-6,9-14H2,1-2H3;3-12H,1-2H3;5,8-13,15H,3-4,6-7H2,1-2H3;5,8,10,12H,3-4,6-7,9H2,1-2H3;5,8-9,11H,3-4,6-7H2,1-2H3;5-6H,3-4H2,1-2H3;4-5H,3H2,1-2H3. The number of hydrogen-bond donors (Lipinski definition) is 0. The van der Waals surface area contributed by atoms with Crippen molar-refractivity contribution in [3.63, 3.8) is 0 Å². The fourth-order valence-corrected chi connectivity index (χ4v) is 17.0. The Kier molecular flexibility index (Phi) is 39.8. The van der Waals surface area contributed by atoms with Gasteiger partial charge in [0.1, 0.15) is 0 Å². The molecule has 10 aromatic rings. The Bertz CT molecular complexity index is 4980. The zero-order valence-electron chi connectivity index (χ0n) is 76.7. The van der Waals surface area contributed by atoms with Gasteiger partial charge in [-0.05, 0) is 271 Å². The molecule has 0 aliphatic heterocycles. The van der Waals surface area contributed by atoms with Crippen molar-refractivity contribution < 1.29 is 75.7 Å². The molecule has 0 atom stereocenters. The van der Waals surface area contributed by atoms with Crippen LogP contribution in [0, 0.1) is 165 Å². The lowest BCUT2D eigenvalue weighted by Gasteiger charge is -2.27. The molecule has 0 N–H and O–H groups in total. The van der Waals surface area contributed by atoms with Crippen molar-refractivity contribution in [3.05, 3.63) is 311 Å². The average molecular weight is 1770 g/mol. The van der Waals surface area contributed by atoms with Crippen molar-refractivity contribution >= 4 is 0 Å². The lowest BCUT2D eigenvalue weighted by atomic mass is 9.79. The largest absolute Gasteiger partial charge is 0.490 e. The minimum Gasteiger partial charge on any atom is -0.490 e. The molecule has 5 fully saturated rings. The van der Waals surface area contributed by atoms with Gasteiger partial charge in [0.05, 0.1) is 32.0 Å². The predicted octanol–water partition coefficient (Wildman–Crippen LogP) is 33.4. The molecule has 5 aliphatic carbocycles. The maximum atomic E-state index is 14.4. The van der Waals surface area contributed by atoms with E-state index in [0.29, 0.717) is 104 Å². The second kappa shape index (κ2) is 49.6. The highest BCUT2D eigenvalue weighted by Crippen LogP contribution is 2.41. The monoisotopic (exact) mass is 1760 g/mol. The van der Waals surface area contributed by atoms with Crippen LogP contribution in [0.1, 0.15) is 267 Å². The summed E-state index contributed by atoms with van der Waals surface area (Å²) in [5.41, 5.74) is 10.4. The second-order valence-corrected chi connectivity index (χ2v) is 36.5. The summed E-state index contributed by atoms with van der Waals surface area (Å²) in [6, 6.07) is 45.6. The molecule has 0 aromatic heterocycles. The zero-order chi connectivity index (χ0) is 92.3. The fourth-order valence-electron chi connectivity index (χ4n) is 17.0. The number of rotatable bonds is 17. The van der Waals surface area contributed by atoms with Crippen molar-refractivity contribution in [1.29, 1.82) is 0 Å². The van der Waals surface area contributed by atoms with Crippen LogP contribution >= 0.6 is 0 Å². The molecule has 0 amide bonds. The first kappa shape index (κ1) is 102. The predicted molar refractivity (Wildman–Crippen MR) is 487 cm³/mol. The number of aryl methyl sites for hydroxylation is 9. The molecule has 15 rings (SSSR count). The molecule has 17 heteroatoms. The van der Waals surface area contributed by atoms with E-state index < -0.39 is 81.4 Å². The minimum atomic E-state index is -0.862. The van der Waals surface area contributed by atoms with E-state index in [1.165, 1.54) is 50.2 Å². The normalized spacial score (nSPS) is 20.2. The molecule has 0 saturated heterocycles. The molecule has 127 heavy (non-hydrogen) atoms. The third-order valence-corrected chi connectivity index (χ3v) is 26.1. The Morgan fingerprint density at radius 2 is 0.575 bits per heavy atom. The van der Waals surface area contributed by atoms with Gasteiger partial charge in [-0.15, -0.1) is 0 Å². The van der Waals surface area contributed by atoms with Crippen LogP contribution < -0.4 is 4.74 Å². The molecule has 5 saturated carbocycles. The van der Waals surface area contributed by atoms with Crippen LogP contribution in [0.15, 0.2) is 158 Å². The van der Waals surface area contributed by atoms with Crippen LogP contribution in [-0.4, -0.2) is 18.8 Å². The van der Waals surface area contributed by atoms with Crippen LogP contribution in [0.25, 0.3) is 33.4 Å². The van der Waals surface area contributed by atoms with Crippen molar-refractivity contribution in [1.82, 2.24) is 0 Å². The van der Waals surface area contributed by atoms with Gasteiger partial charge in [0.15, 0.2) is 81.4 Å². The third kappa shape index (κ3) is 29.2. The van der Waals surface area contributed by atoms with Crippen molar-refractivity contribution in [3.8, 4) is 39.1 Å². The van der Waals surface area contributed by atoms with Crippen LogP contribution in [0.2, 0.25) is 0 Å². The van der Waals surface area contributed by atoms with Crippen molar-refractivity contribution in [2.75, 3.05) is 6.61 Å². The van der Waals surface area contributed by atoms with Gasteiger partial charge >= 0.3 is 0 Å². The van der Waals surface area contributed by atoms with Crippen molar-refractivity contribution in [2.45, 2.75) is 282 Å². The molecule has 0 bridgehead atoms. The van der Waals surface area contributed by atoms with E-state index in [1.54, 1.807) is 145 Å². The Labute approximate surface area is 746 Å². The lowest BCUT2D eigenvalue weighted by molar-refractivity contribution is 0.00527. The van der Waals surface area contributed by atoms with Gasteiger partial charge in [-0.2, -0.15) is 4.39 Å². The third-order valence-electron chi connectivity index (χ3n) is 26.1. The molecular formula is C110H130F14O3. The summed E-state index contributed by atoms with van der Waals surface area (Å²) < 4.78 is 208. The summed E-state index contributed by atoms with van der Waals surface area (Å²) in [4.78, 5) is 0. The Balaban J connectivity index is 0.000000170. The fraction of sp³-hybridized carbons (Fsp3) is 0.455. The van der Waals surface area contributed by atoms with Gasteiger partial charge in [0.25, 0.3) is 0 Å². The van der Waals surface area contributed by atoms with E-state index in [0.717, 1.165) is 143 Å². The molecule has 0 radical (unpaired) electrons. The van der Waals surface area contributed by atoms with Gasteiger partial charge in [-0.3, -0.25) is 0 Å². The minimum absolute atomic E-state index is 0.0386. The van der Waals surface area contributed by atoms with Gasteiger partial charge < -0.3 is 14.2 Å². The summed E-state index contributed by atoms with van der Waals surface area (Å²) in [5, 5.41) is 0. The Hall–Kier alpha value is -9.06. The van der Waals surface area contributed by atoms with Gasteiger partial charge in [0, 0.05) is 27.8 Å². The average Bonchev–Trinajstić information content (AvgIpc) is 0.799. The highest BCUT2D eigenvalue weighted by molar-refractivity contribution is 5.72. The molecular weight excluding hydrogens is 1640 g/mol. The topological polar surface area (TPSA) is 27.7 Å². The number of ether oxygens (including phenoxy) is 3. The van der Waals surface area contributed by atoms with E-state index in [4.69, 9.17) is 14.2 Å². The maximum absolute atomic E-state index is 14.4. The Morgan fingerprint density at radius 3 is 0.992 bits per heavy atom. The summed E-state index contributed by atoms with van der Waals surface area (Å²) in [5.74, 6) is -5.26. The van der Waals surface area contributed by atoms with Gasteiger partial charge in [-0.25, -0.2) is 57.1 Å². The molecule has 0 spiro atoms. The first-order valence-corrected chi connectivity index (χ1v) is 45.9. The first-order valence-electron chi connectivity index (χ1n) is 45.9. The highest BCUT2D eigenvalue weighted by atomic mass is 19.2. The summed E-state index contributed by atoms with van der Waals surface area (Å²) >= 11 is 0. The van der Waals surface area contributed by atoms with E-state index in [2.05, 4.69) is 46.8 Å². The molecule has 0 heterocycles. The summed E-state index contributed by atoms with van der Waals surface area (Å²) in [7, 11) is 0. The summed E-state index contributed by atoms with van der Waals surface area (Å²) in [6.45, 7) is 27.6. The van der Waals surface area contributed by atoms with Crippen LogP contribution in [-0.2, 0) is 35.5 Å². The number of hydrogen-bond acceptors (Lipinski definition) is 3. The highest BCUT2D eigenvalue weighted by Gasteiger charge is 2.28. The molecule has 10 aromatic carbocycles. The lowest BCUT2D eigenvalue weighted by Crippen LogP contribution is -2.21. The number of halogens is 14. The SMILES string of the molecule is CC1CCC(OCc2ccc(COC3CCC(C)CC3)c(F)c2F)CC1.CCCc1ccc(C)c(F)c1F.CCc1ccc(C)c(F)c1F.Cc1ccc(-c2ccc(-c3ccc(C)cc3)c(F)c2F)cc1.Cc1ccc(-c2ccc(C3CCC(C)CC3)cc2)c(F)c1F.Cc1ccc(C2CCC(C)CC2)c(F)c1F.Cc1ccc(OCC2CCC(C)CC2)c(F)c1F. The van der Waals surface area contributed by atoms with Gasteiger partial charge in [0.2, 0.25) is 5.82 Å². The molecule has 5 aliphatic rings. The van der Waals surface area contributed by atoms with E-state index in [9.17, 15) is 61.5 Å². The quantitative estimate of drug-likeness (QED) is 0.0851. The van der Waals surface area contributed by atoms with Gasteiger partial charge in [-0.1, -0.05) is 256 Å². The first-order chi connectivity index (χ1) is 60.6. The molecule has 3 nitrogen and oxygen atoms in total. The van der Waals surface area contributed by atoms with Crippen LogP contribution in [0.5, 0.6) is 5.75 Å². The van der Waals surface area contributed by atoms with E-state index in [1.807, 2.05) is 57.2 Å². The van der Waals surface area contributed by atoms with Crippen LogP contribution in [0.3, 0.4) is 0 Å². The van der Waals surface area contributed by atoms with Crippen LogP contribution in [0.4, 0.5) is 61.5 Å². The van der Waals surface area contributed by atoms with E-state index >= 15 is 0 Å². The van der Waals surface area contributed by atoms with E-state index in [-0.39, 0.29) is 48.2 Å². The summed E-state index contributed by atoms with van der Waals surface area (Å²) in [6.07, 6.45) is 24.9. The number of benzene rings is 10. The second-order valence-electron chi connectivity index (χ2n) is 36.5. The smallest absolute Gasteiger partial charge is 0.200 e. The molecule has 0 unspecified atom stereocenters.